The maximum Gasteiger partial charge on any atom is 0.340 e. The molecule has 1 aliphatic heterocycles. The van der Waals surface area contributed by atoms with Crippen molar-refractivity contribution in [2.24, 2.45) is 0 Å². The van der Waals surface area contributed by atoms with Crippen LogP contribution in [-0.4, -0.2) is 45.8 Å². The monoisotopic (exact) mass is 524 g/mol. The topological polar surface area (TPSA) is 121 Å². The molecule has 1 atom stereocenters. The van der Waals surface area contributed by atoms with Crippen molar-refractivity contribution in [3.8, 4) is 16.5 Å². The number of benzene rings is 1. The average molecular weight is 525 g/mol. The Balaban J connectivity index is 1.67. The first-order chi connectivity index (χ1) is 18.0. The minimum absolute atomic E-state index is 0.0438. The van der Waals surface area contributed by atoms with Crippen molar-refractivity contribution in [2.45, 2.75) is 57.9 Å². The first kappa shape index (κ1) is 24.9. The van der Waals surface area contributed by atoms with Gasteiger partial charge in [0.2, 0.25) is 16.7 Å². The molecule has 2 aliphatic rings. The molecule has 0 amide bonds. The highest BCUT2D eigenvalue weighted by molar-refractivity contribution is 7.19. The maximum absolute atomic E-state index is 13.7. The second-order valence-electron chi connectivity index (χ2n) is 8.83. The number of esters is 2. The van der Waals surface area contributed by atoms with Gasteiger partial charge in [-0.15, -0.1) is 0 Å². The van der Waals surface area contributed by atoms with Crippen molar-refractivity contribution in [1.82, 2.24) is 19.9 Å². The molecule has 1 aliphatic carbocycles. The molecule has 0 radical (unpaired) electrons. The van der Waals surface area contributed by atoms with E-state index in [-0.39, 0.29) is 42.2 Å². The van der Waals surface area contributed by atoms with Crippen molar-refractivity contribution in [1.29, 1.82) is 0 Å². The van der Waals surface area contributed by atoms with Gasteiger partial charge in [0, 0.05) is 11.6 Å². The van der Waals surface area contributed by atoms with Crippen molar-refractivity contribution >= 4 is 28.2 Å². The molecule has 1 N–H and O–H groups in total. The molecule has 3 heterocycles. The third-order valence-electron chi connectivity index (χ3n) is 6.41. The summed E-state index contributed by atoms with van der Waals surface area (Å²) in [7, 11) is 0. The molecule has 0 bridgehead atoms. The van der Waals surface area contributed by atoms with E-state index in [1.165, 1.54) is 11.3 Å². The van der Waals surface area contributed by atoms with E-state index >= 15 is 0 Å². The van der Waals surface area contributed by atoms with E-state index < -0.39 is 23.4 Å². The Morgan fingerprint density at radius 3 is 2.54 bits per heavy atom. The van der Waals surface area contributed by atoms with E-state index in [1.54, 1.807) is 13.8 Å². The lowest BCUT2D eigenvalue weighted by Crippen LogP contribution is -2.41. The lowest BCUT2D eigenvalue weighted by atomic mass is 9.90. The molecular weight excluding hydrogens is 496 g/mol. The van der Waals surface area contributed by atoms with Crippen LogP contribution in [0.1, 0.15) is 57.4 Å². The molecule has 11 heteroatoms. The van der Waals surface area contributed by atoms with Crippen LogP contribution in [0.15, 0.2) is 46.6 Å². The summed E-state index contributed by atoms with van der Waals surface area (Å²) >= 11 is 1.23. The smallest absolute Gasteiger partial charge is 0.340 e. The number of nitrogens with one attached hydrogen (secondary N) is 1. The van der Waals surface area contributed by atoms with Crippen LogP contribution in [0.25, 0.3) is 15.5 Å². The quantitative estimate of drug-likeness (QED) is 0.463. The van der Waals surface area contributed by atoms with Crippen LogP contribution >= 0.6 is 11.3 Å². The van der Waals surface area contributed by atoms with Crippen LogP contribution in [-0.2, 0) is 19.1 Å². The minimum atomic E-state index is -1.37. The normalized spacial score (nSPS) is 17.7. The van der Waals surface area contributed by atoms with E-state index in [0.29, 0.717) is 9.97 Å². The van der Waals surface area contributed by atoms with Gasteiger partial charge < -0.3 is 19.5 Å². The van der Waals surface area contributed by atoms with Gasteiger partial charge in [-0.25, -0.2) is 4.79 Å². The Morgan fingerprint density at radius 1 is 1.11 bits per heavy atom. The average Bonchev–Trinajstić information content (AvgIpc) is 3.34. The third kappa shape index (κ3) is 4.83. The molecule has 194 valence electrons. The van der Waals surface area contributed by atoms with E-state index in [1.807, 2.05) is 30.3 Å². The van der Waals surface area contributed by atoms with Gasteiger partial charge in [-0.05, 0) is 26.7 Å². The summed E-state index contributed by atoms with van der Waals surface area (Å²) in [5, 5.41) is 8.34. The van der Waals surface area contributed by atoms with Crippen LogP contribution in [0.5, 0.6) is 5.88 Å². The van der Waals surface area contributed by atoms with Crippen LogP contribution in [0.2, 0.25) is 0 Å². The van der Waals surface area contributed by atoms with Crippen LogP contribution < -0.4 is 15.6 Å². The molecule has 37 heavy (non-hydrogen) atoms. The summed E-state index contributed by atoms with van der Waals surface area (Å²) in [4.78, 5) is 45.1. The van der Waals surface area contributed by atoms with Crippen molar-refractivity contribution in [3.63, 3.8) is 0 Å². The van der Waals surface area contributed by atoms with Gasteiger partial charge in [0.15, 0.2) is 0 Å². The number of carbonyl (C=O) groups excluding carboxylic acids is 2. The number of hydrogen-bond donors (Lipinski definition) is 1. The predicted octanol–water partition coefficient (Wildman–Crippen LogP) is 3.55. The number of nitrogens with zero attached hydrogens (tertiary/aromatic N) is 3. The summed E-state index contributed by atoms with van der Waals surface area (Å²) in [6.45, 7) is 3.49. The molecular formula is C26H28N4O6S. The summed E-state index contributed by atoms with van der Waals surface area (Å²) in [5.41, 5.74) is 0.0343. The van der Waals surface area contributed by atoms with Crippen LogP contribution in [0, 0.1) is 0 Å². The molecule has 2 aromatic heterocycles. The van der Waals surface area contributed by atoms with Crippen LogP contribution in [0.4, 0.5) is 0 Å². The van der Waals surface area contributed by atoms with Gasteiger partial charge >= 0.3 is 11.9 Å². The summed E-state index contributed by atoms with van der Waals surface area (Å²) < 4.78 is 17.8. The lowest BCUT2D eigenvalue weighted by Gasteiger charge is -2.31. The zero-order valence-electron chi connectivity index (χ0n) is 20.7. The highest BCUT2D eigenvalue weighted by Crippen LogP contribution is 2.39. The summed E-state index contributed by atoms with van der Waals surface area (Å²) in [6, 6.07) is 9.46. The molecule has 0 saturated heterocycles. The van der Waals surface area contributed by atoms with Crippen molar-refractivity contribution in [2.75, 3.05) is 13.2 Å². The third-order valence-corrected chi connectivity index (χ3v) is 7.37. The SMILES string of the molecule is CCOC(=O)C1=C(NC2CCCCC2)Oc2nc3sc(-c4ccccc4)nn3c(=O)c2C1C(=O)OCC. The molecule has 1 saturated carbocycles. The Hall–Kier alpha value is -3.73. The molecule has 5 rings (SSSR count). The van der Waals surface area contributed by atoms with Gasteiger partial charge in [0.1, 0.15) is 22.1 Å². The van der Waals surface area contributed by atoms with Crippen LogP contribution in [0.3, 0.4) is 0 Å². The standard InChI is InChI=1S/C26H28N4O6S/c1-3-34-24(32)17-18-20(28-26-30(23(18)31)29-22(37-26)15-11-7-5-8-12-15)36-21(19(17)25(33)35-4-2)27-16-13-9-6-10-14-16/h5,7-8,11-12,16-17,27H,3-4,6,9-10,13-14H2,1-2H3. The van der Waals surface area contributed by atoms with Gasteiger partial charge in [-0.2, -0.15) is 14.6 Å². The first-order valence-electron chi connectivity index (χ1n) is 12.5. The Morgan fingerprint density at radius 2 is 1.84 bits per heavy atom. The number of carbonyl (C=O) groups is 2. The van der Waals surface area contributed by atoms with Gasteiger partial charge in [-0.1, -0.05) is 60.9 Å². The van der Waals surface area contributed by atoms with Crippen molar-refractivity contribution in [3.05, 3.63) is 57.7 Å². The number of hydrogen-bond acceptors (Lipinski definition) is 10. The maximum atomic E-state index is 13.7. The number of rotatable bonds is 7. The largest absolute Gasteiger partial charge is 0.465 e. The highest BCUT2D eigenvalue weighted by atomic mass is 32.1. The number of ether oxygens (including phenoxy) is 3. The van der Waals surface area contributed by atoms with E-state index in [4.69, 9.17) is 14.2 Å². The van der Waals surface area contributed by atoms with E-state index in [2.05, 4.69) is 15.4 Å². The van der Waals surface area contributed by atoms with E-state index in [0.717, 1.165) is 42.2 Å². The van der Waals surface area contributed by atoms with Gasteiger partial charge in [0.05, 0.1) is 13.2 Å². The molecule has 1 fully saturated rings. The Kier molecular flexibility index (Phi) is 7.22. The molecule has 1 unspecified atom stereocenters. The predicted molar refractivity (Wildman–Crippen MR) is 136 cm³/mol. The number of fused-ring (bicyclic) bond motifs is 2. The zero-order chi connectivity index (χ0) is 25.9. The van der Waals surface area contributed by atoms with Crippen molar-refractivity contribution < 1.29 is 23.8 Å². The minimum Gasteiger partial charge on any atom is -0.465 e. The second-order valence-corrected chi connectivity index (χ2v) is 9.79. The summed E-state index contributed by atoms with van der Waals surface area (Å²) in [6.07, 6.45) is 5.01. The lowest BCUT2D eigenvalue weighted by molar-refractivity contribution is -0.148. The molecule has 0 spiro atoms. The highest BCUT2D eigenvalue weighted by Gasteiger charge is 2.44. The van der Waals surface area contributed by atoms with Gasteiger partial charge in [-0.3, -0.25) is 9.59 Å². The van der Waals surface area contributed by atoms with Gasteiger partial charge in [0.25, 0.3) is 5.56 Å². The Bertz CT molecular complexity index is 1410. The van der Waals surface area contributed by atoms with E-state index in [9.17, 15) is 14.4 Å². The second kappa shape index (κ2) is 10.7. The number of aromatic nitrogens is 3. The molecule has 10 nitrogen and oxygen atoms in total. The molecule has 3 aromatic rings. The first-order valence-corrected chi connectivity index (χ1v) is 13.3. The zero-order valence-corrected chi connectivity index (χ0v) is 21.5. The fourth-order valence-electron chi connectivity index (χ4n) is 4.71. The summed E-state index contributed by atoms with van der Waals surface area (Å²) in [5.74, 6) is -2.84. The Labute approximate surface area is 217 Å². The fourth-order valence-corrected chi connectivity index (χ4v) is 5.60. The fraction of sp³-hybridized carbons (Fsp3) is 0.423. The molecule has 1 aromatic carbocycles.